The summed E-state index contributed by atoms with van der Waals surface area (Å²) in [5.74, 6) is 0. The van der Waals surface area contributed by atoms with Gasteiger partial charge in [-0.1, -0.05) is 43.1 Å². The molecule has 2 amide bonds. The van der Waals surface area contributed by atoms with Crippen molar-refractivity contribution in [1.82, 2.24) is 4.90 Å². The number of alkyl halides is 3. The third-order valence-electron chi connectivity index (χ3n) is 4.79. The van der Waals surface area contributed by atoms with Crippen LogP contribution in [0.3, 0.4) is 0 Å². The summed E-state index contributed by atoms with van der Waals surface area (Å²) in [4.78, 5) is 13.5. The number of sulfone groups is 1. The Morgan fingerprint density at radius 2 is 1.74 bits per heavy atom. The van der Waals surface area contributed by atoms with Gasteiger partial charge in [0, 0.05) is 31.0 Å². The second-order valence-electron chi connectivity index (χ2n) is 7.22. The number of hydrogen-bond donors (Lipinski definition) is 2. The maximum Gasteiger partial charge on any atom is 0.501 e. The number of amides is 2. The van der Waals surface area contributed by atoms with Gasteiger partial charge in [0.05, 0.1) is 23.1 Å². The highest BCUT2D eigenvalue weighted by Gasteiger charge is 2.48. The largest absolute Gasteiger partial charge is 0.501 e. The van der Waals surface area contributed by atoms with E-state index in [0.29, 0.717) is 31.5 Å². The van der Waals surface area contributed by atoms with E-state index in [-0.39, 0.29) is 5.69 Å². The number of urea groups is 1. The molecule has 0 spiro atoms. The van der Waals surface area contributed by atoms with Crippen LogP contribution in [-0.2, 0) is 21.1 Å². The van der Waals surface area contributed by atoms with E-state index in [4.69, 9.17) is 16.3 Å². The Bertz CT molecular complexity index is 1110. The number of rotatable bonds is 5. The first-order valence-electron chi connectivity index (χ1n) is 10.6. The number of anilines is 2. The number of nitrogens with one attached hydrogen (secondary N) is 2. The topological polar surface area (TPSA) is 87.7 Å². The second kappa shape index (κ2) is 11.9. The molecule has 2 aromatic carbocycles. The number of morpholine rings is 1. The molecule has 34 heavy (non-hydrogen) atoms. The summed E-state index contributed by atoms with van der Waals surface area (Å²) < 4.78 is 67.5. The van der Waals surface area contributed by atoms with E-state index in [1.54, 1.807) is 6.07 Å². The van der Waals surface area contributed by atoms with Crippen LogP contribution >= 0.6 is 11.6 Å². The Balaban J connectivity index is 0.00000199. The van der Waals surface area contributed by atoms with E-state index in [9.17, 15) is 26.4 Å². The highest BCUT2D eigenvalue weighted by Crippen LogP contribution is 2.35. The fraction of sp³-hybridized carbons (Fsp3) is 0.409. The Labute approximate surface area is 202 Å². The van der Waals surface area contributed by atoms with Crippen LogP contribution in [0.15, 0.2) is 41.3 Å². The van der Waals surface area contributed by atoms with Gasteiger partial charge in [-0.2, -0.15) is 13.2 Å². The molecule has 0 radical (unpaired) electrons. The van der Waals surface area contributed by atoms with Crippen molar-refractivity contribution in [3.63, 3.8) is 0 Å². The van der Waals surface area contributed by atoms with Crippen molar-refractivity contribution in [1.29, 1.82) is 0 Å². The lowest BCUT2D eigenvalue weighted by Crippen LogP contribution is -2.36. The zero-order chi connectivity index (χ0) is 25.5. The van der Waals surface area contributed by atoms with Gasteiger partial charge in [0.1, 0.15) is 0 Å². The van der Waals surface area contributed by atoms with Crippen LogP contribution in [0.5, 0.6) is 0 Å². The van der Waals surface area contributed by atoms with Gasteiger partial charge in [-0.3, -0.25) is 4.90 Å². The number of carbonyl (C=O) groups is 1. The summed E-state index contributed by atoms with van der Waals surface area (Å²) in [5.41, 5.74) is -3.29. The molecular weight excluding hydrogens is 495 g/mol. The van der Waals surface area contributed by atoms with Crippen molar-refractivity contribution in [3.8, 4) is 0 Å². The van der Waals surface area contributed by atoms with Gasteiger partial charge in [-0.15, -0.1) is 0 Å². The summed E-state index contributed by atoms with van der Waals surface area (Å²) in [7, 11) is -5.67. The molecule has 0 unspecified atom stereocenters. The smallest absolute Gasteiger partial charge is 0.379 e. The normalized spacial score (nSPS) is 14.7. The van der Waals surface area contributed by atoms with Gasteiger partial charge < -0.3 is 15.4 Å². The van der Waals surface area contributed by atoms with Crippen molar-refractivity contribution < 1.29 is 31.1 Å². The first-order valence-corrected chi connectivity index (χ1v) is 12.4. The molecule has 2 aromatic rings. The van der Waals surface area contributed by atoms with Gasteiger partial charge in [-0.05, 0) is 36.8 Å². The number of nitrogens with zero attached hydrogens (tertiary/aromatic N) is 1. The molecule has 2 N–H and O–H groups in total. The number of aryl methyl sites for hydroxylation is 1. The fourth-order valence-electron chi connectivity index (χ4n) is 3.17. The maximum atomic E-state index is 12.9. The summed E-state index contributed by atoms with van der Waals surface area (Å²) in [6, 6.07) is 7.60. The second-order valence-corrected chi connectivity index (χ2v) is 9.54. The van der Waals surface area contributed by atoms with E-state index < -0.39 is 31.3 Å². The molecule has 0 bridgehead atoms. The molecule has 12 heteroatoms. The Morgan fingerprint density at radius 3 is 2.35 bits per heavy atom. The number of benzene rings is 2. The van der Waals surface area contributed by atoms with E-state index in [0.717, 1.165) is 30.3 Å². The highest BCUT2D eigenvalue weighted by atomic mass is 35.5. The lowest BCUT2D eigenvalue weighted by molar-refractivity contribution is -0.0435. The van der Waals surface area contributed by atoms with Gasteiger partial charge in [0.2, 0.25) is 0 Å². The molecule has 1 aliphatic rings. The van der Waals surface area contributed by atoms with E-state index in [1.165, 1.54) is 6.07 Å². The SMILES string of the molecule is CC.Cc1ccc(NC(=O)Nc2ccc(Cl)c(S(=O)(=O)C(F)(F)F)c2)c(CN2CCOCC2)c1. The molecule has 7 nitrogen and oxygen atoms in total. The van der Waals surface area contributed by atoms with Crippen molar-refractivity contribution >= 4 is 38.8 Å². The zero-order valence-electron chi connectivity index (χ0n) is 19.0. The summed E-state index contributed by atoms with van der Waals surface area (Å²) in [5, 5.41) is 4.42. The standard InChI is InChI=1S/C20H21ClF3N3O4S.C2H6/c1-13-2-5-17(14(10-13)12-27-6-8-31-9-7-27)26-19(28)25-15-3-4-16(21)18(11-15)32(29,30)20(22,23)24;1-2/h2-5,10-11H,6-9,12H2,1H3,(H2,25,26,28);1-2H3. The number of carbonyl (C=O) groups excluding carboxylic acids is 1. The number of halogens is 4. The fourth-order valence-corrected chi connectivity index (χ4v) is 4.45. The maximum absolute atomic E-state index is 12.9. The molecule has 0 saturated carbocycles. The minimum absolute atomic E-state index is 0.156. The molecule has 1 heterocycles. The van der Waals surface area contributed by atoms with Gasteiger partial charge in [0.25, 0.3) is 9.84 Å². The van der Waals surface area contributed by atoms with E-state index in [2.05, 4.69) is 15.5 Å². The average molecular weight is 522 g/mol. The van der Waals surface area contributed by atoms with Crippen LogP contribution < -0.4 is 10.6 Å². The first-order chi connectivity index (χ1) is 16.0. The van der Waals surface area contributed by atoms with Crippen LogP contribution in [-0.4, -0.2) is 51.2 Å². The Kier molecular flexibility index (Phi) is 9.74. The summed E-state index contributed by atoms with van der Waals surface area (Å²) in [6.45, 7) is 9.24. The van der Waals surface area contributed by atoms with Crippen molar-refractivity contribution in [3.05, 3.63) is 52.5 Å². The molecule has 3 rings (SSSR count). The molecule has 1 saturated heterocycles. The molecule has 1 fully saturated rings. The third kappa shape index (κ3) is 7.08. The zero-order valence-corrected chi connectivity index (χ0v) is 20.6. The molecule has 0 aromatic heterocycles. The lowest BCUT2D eigenvalue weighted by Gasteiger charge is -2.27. The average Bonchev–Trinajstić information content (AvgIpc) is 2.78. The molecule has 0 aliphatic carbocycles. The predicted molar refractivity (Wildman–Crippen MR) is 126 cm³/mol. The molecule has 1 aliphatic heterocycles. The van der Waals surface area contributed by atoms with Gasteiger partial charge >= 0.3 is 11.5 Å². The van der Waals surface area contributed by atoms with E-state index in [1.807, 2.05) is 32.9 Å². The Hall–Kier alpha value is -2.34. The van der Waals surface area contributed by atoms with Gasteiger partial charge in [-0.25, -0.2) is 13.2 Å². The van der Waals surface area contributed by atoms with Crippen LogP contribution in [0, 0.1) is 6.92 Å². The molecule has 0 atom stereocenters. The van der Waals surface area contributed by atoms with Crippen LogP contribution in [0.1, 0.15) is 25.0 Å². The van der Waals surface area contributed by atoms with Crippen LogP contribution in [0.4, 0.5) is 29.3 Å². The molecule has 188 valence electrons. The quantitative estimate of drug-likeness (QED) is 0.546. The third-order valence-corrected chi connectivity index (χ3v) is 6.76. The number of ether oxygens (including phenoxy) is 1. The van der Waals surface area contributed by atoms with E-state index >= 15 is 0 Å². The number of hydrogen-bond acceptors (Lipinski definition) is 5. The summed E-state index contributed by atoms with van der Waals surface area (Å²) >= 11 is 5.66. The highest BCUT2D eigenvalue weighted by molar-refractivity contribution is 7.92. The minimum atomic E-state index is -5.67. The Morgan fingerprint density at radius 1 is 1.09 bits per heavy atom. The van der Waals surface area contributed by atoms with Gasteiger partial charge in [0.15, 0.2) is 0 Å². The van der Waals surface area contributed by atoms with Crippen molar-refractivity contribution in [2.75, 3.05) is 36.9 Å². The lowest BCUT2D eigenvalue weighted by atomic mass is 10.1. The monoisotopic (exact) mass is 521 g/mol. The van der Waals surface area contributed by atoms with Crippen molar-refractivity contribution in [2.45, 2.75) is 37.7 Å². The van der Waals surface area contributed by atoms with Crippen LogP contribution in [0.25, 0.3) is 0 Å². The minimum Gasteiger partial charge on any atom is -0.379 e. The van der Waals surface area contributed by atoms with Crippen molar-refractivity contribution in [2.24, 2.45) is 0 Å². The van der Waals surface area contributed by atoms with Crippen LogP contribution in [0.2, 0.25) is 5.02 Å². The first kappa shape index (κ1) is 27.9. The molecular formula is C22H27ClF3N3O4S. The predicted octanol–water partition coefficient (Wildman–Crippen LogP) is 5.44. The summed E-state index contributed by atoms with van der Waals surface area (Å²) in [6.07, 6.45) is 0.